The van der Waals surface area contributed by atoms with Crippen LogP contribution in [0.2, 0.25) is 0 Å². The second-order valence-electron chi connectivity index (χ2n) is 14.8. The summed E-state index contributed by atoms with van der Waals surface area (Å²) in [5.41, 5.74) is 14.3. The summed E-state index contributed by atoms with van der Waals surface area (Å²) in [5, 5.41) is 9.91. The standard InChI is InChI=1S/C51H34O/c1-51(2)48-36-15-7-6-14-33(36)24-27-42(48)43-28-29-44-37-26-25-35(30-45(37)52-50(44)49(43)51)47-40-18-10-8-16-38(40)46(39-17-9-11-19-41(39)47)34-22-20-32(21-23-34)31-12-4-3-5-13-31/h3-30H,1-2H3. The van der Waals surface area contributed by atoms with Crippen LogP contribution >= 0.6 is 0 Å². The van der Waals surface area contributed by atoms with Crippen molar-refractivity contribution in [1.29, 1.82) is 0 Å². The van der Waals surface area contributed by atoms with Crippen LogP contribution in [0.4, 0.5) is 0 Å². The van der Waals surface area contributed by atoms with E-state index in [0.29, 0.717) is 0 Å². The summed E-state index contributed by atoms with van der Waals surface area (Å²) < 4.78 is 7.00. The first-order valence-corrected chi connectivity index (χ1v) is 18.2. The molecule has 244 valence electrons. The molecule has 1 heterocycles. The average Bonchev–Trinajstić information content (AvgIpc) is 3.68. The molecule has 52 heavy (non-hydrogen) atoms. The van der Waals surface area contributed by atoms with Gasteiger partial charge in [-0.2, -0.15) is 0 Å². The Labute approximate surface area is 302 Å². The molecule has 0 atom stereocenters. The molecule has 1 aliphatic rings. The van der Waals surface area contributed by atoms with Gasteiger partial charge in [-0.05, 0) is 101 Å². The van der Waals surface area contributed by atoms with Crippen molar-refractivity contribution in [1.82, 2.24) is 0 Å². The monoisotopic (exact) mass is 662 g/mol. The van der Waals surface area contributed by atoms with Crippen LogP contribution in [0.25, 0.3) is 98.8 Å². The average molecular weight is 663 g/mol. The normalized spacial score (nSPS) is 13.3. The molecule has 10 aromatic rings. The fourth-order valence-electron chi connectivity index (χ4n) is 9.35. The number of fused-ring (bicyclic) bond motifs is 11. The van der Waals surface area contributed by atoms with Gasteiger partial charge in [0, 0.05) is 21.8 Å². The third-order valence-electron chi connectivity index (χ3n) is 11.6. The summed E-state index contributed by atoms with van der Waals surface area (Å²) in [6.45, 7) is 4.72. The Morgan fingerprint density at radius 1 is 0.365 bits per heavy atom. The predicted molar refractivity (Wildman–Crippen MR) is 220 cm³/mol. The Kier molecular flexibility index (Phi) is 6.08. The van der Waals surface area contributed by atoms with Crippen molar-refractivity contribution in [3.63, 3.8) is 0 Å². The molecule has 0 spiro atoms. The van der Waals surface area contributed by atoms with E-state index in [1.165, 1.54) is 87.8 Å². The fraction of sp³-hybridized carbons (Fsp3) is 0.0588. The highest BCUT2D eigenvalue weighted by atomic mass is 16.3. The molecular weight excluding hydrogens is 629 g/mol. The van der Waals surface area contributed by atoms with Gasteiger partial charge in [-0.25, -0.2) is 0 Å². The Morgan fingerprint density at radius 3 is 1.56 bits per heavy atom. The smallest absolute Gasteiger partial charge is 0.140 e. The molecule has 0 N–H and O–H groups in total. The Balaban J connectivity index is 1.11. The van der Waals surface area contributed by atoms with Crippen molar-refractivity contribution >= 4 is 54.3 Å². The van der Waals surface area contributed by atoms with Gasteiger partial charge in [-0.1, -0.05) is 166 Å². The van der Waals surface area contributed by atoms with Gasteiger partial charge < -0.3 is 4.42 Å². The molecule has 0 fully saturated rings. The number of furan rings is 1. The summed E-state index contributed by atoms with van der Waals surface area (Å²) in [6, 6.07) is 62.1. The summed E-state index contributed by atoms with van der Waals surface area (Å²) in [5.74, 6) is 0. The van der Waals surface area contributed by atoms with E-state index in [-0.39, 0.29) is 5.41 Å². The molecule has 0 saturated heterocycles. The number of rotatable bonds is 3. The third kappa shape index (κ3) is 4.05. The largest absolute Gasteiger partial charge is 0.456 e. The van der Waals surface area contributed by atoms with Gasteiger partial charge in [0.1, 0.15) is 11.2 Å². The van der Waals surface area contributed by atoms with Gasteiger partial charge in [-0.15, -0.1) is 0 Å². The van der Waals surface area contributed by atoms with Crippen LogP contribution in [0.5, 0.6) is 0 Å². The maximum Gasteiger partial charge on any atom is 0.140 e. The Hall–Kier alpha value is -6.44. The predicted octanol–water partition coefficient (Wildman–Crippen LogP) is 14.4. The van der Waals surface area contributed by atoms with Crippen molar-refractivity contribution in [2.45, 2.75) is 19.3 Å². The molecule has 1 aliphatic carbocycles. The minimum atomic E-state index is -0.205. The molecule has 0 amide bonds. The lowest BCUT2D eigenvalue weighted by atomic mass is 9.79. The molecule has 1 nitrogen and oxygen atoms in total. The summed E-state index contributed by atoms with van der Waals surface area (Å²) >= 11 is 0. The van der Waals surface area contributed by atoms with Gasteiger partial charge in [0.05, 0.1) is 0 Å². The van der Waals surface area contributed by atoms with Gasteiger partial charge in [0.2, 0.25) is 0 Å². The molecule has 0 bridgehead atoms. The molecule has 9 aromatic carbocycles. The maximum absolute atomic E-state index is 7.00. The van der Waals surface area contributed by atoms with Gasteiger partial charge in [0.15, 0.2) is 0 Å². The quantitative estimate of drug-likeness (QED) is 0.172. The molecule has 1 aromatic heterocycles. The van der Waals surface area contributed by atoms with Crippen molar-refractivity contribution in [2.75, 3.05) is 0 Å². The van der Waals surface area contributed by atoms with Crippen LogP contribution in [0.15, 0.2) is 174 Å². The van der Waals surface area contributed by atoms with E-state index < -0.39 is 0 Å². The van der Waals surface area contributed by atoms with Crippen LogP contribution < -0.4 is 0 Å². The first kappa shape index (κ1) is 29.3. The fourth-order valence-corrected chi connectivity index (χ4v) is 9.35. The second-order valence-corrected chi connectivity index (χ2v) is 14.8. The van der Waals surface area contributed by atoms with Gasteiger partial charge >= 0.3 is 0 Å². The molecule has 0 radical (unpaired) electrons. The van der Waals surface area contributed by atoms with Crippen LogP contribution in [-0.2, 0) is 5.41 Å². The van der Waals surface area contributed by atoms with Gasteiger partial charge in [-0.3, -0.25) is 0 Å². The van der Waals surface area contributed by atoms with E-state index in [1.54, 1.807) is 0 Å². The van der Waals surface area contributed by atoms with E-state index >= 15 is 0 Å². The van der Waals surface area contributed by atoms with E-state index in [0.717, 1.165) is 22.1 Å². The zero-order chi connectivity index (χ0) is 34.6. The topological polar surface area (TPSA) is 13.1 Å². The van der Waals surface area contributed by atoms with Crippen molar-refractivity contribution < 1.29 is 4.42 Å². The number of benzene rings is 9. The van der Waals surface area contributed by atoms with Crippen molar-refractivity contribution in [2.24, 2.45) is 0 Å². The Morgan fingerprint density at radius 2 is 0.865 bits per heavy atom. The zero-order valence-electron chi connectivity index (χ0n) is 29.1. The van der Waals surface area contributed by atoms with Crippen LogP contribution in [0.3, 0.4) is 0 Å². The van der Waals surface area contributed by atoms with E-state index in [2.05, 4.69) is 184 Å². The minimum Gasteiger partial charge on any atom is -0.456 e. The highest BCUT2D eigenvalue weighted by Gasteiger charge is 2.39. The Bertz CT molecular complexity index is 3010. The lowest BCUT2D eigenvalue weighted by Gasteiger charge is -2.23. The second kappa shape index (κ2) is 10.8. The van der Waals surface area contributed by atoms with E-state index in [1.807, 2.05) is 0 Å². The number of hydrogen-bond donors (Lipinski definition) is 0. The molecule has 11 rings (SSSR count). The van der Waals surface area contributed by atoms with Crippen molar-refractivity contribution in [3.8, 4) is 44.5 Å². The van der Waals surface area contributed by atoms with Crippen LogP contribution in [0.1, 0.15) is 25.0 Å². The SMILES string of the molecule is CC1(C)c2c(ccc3ccccc23)-c2ccc3c(oc4cc(-c5c6ccccc6c(-c6ccc(-c7ccccc7)cc6)c6ccccc56)ccc43)c21. The van der Waals surface area contributed by atoms with Crippen LogP contribution in [0, 0.1) is 0 Å². The zero-order valence-corrected chi connectivity index (χ0v) is 29.1. The molecule has 1 heteroatoms. The first-order valence-electron chi connectivity index (χ1n) is 18.2. The molecular formula is C51H34O. The van der Waals surface area contributed by atoms with Crippen molar-refractivity contribution in [3.05, 3.63) is 181 Å². The lowest BCUT2D eigenvalue weighted by molar-refractivity contribution is 0.622. The molecule has 0 saturated carbocycles. The van der Waals surface area contributed by atoms with E-state index in [4.69, 9.17) is 4.42 Å². The van der Waals surface area contributed by atoms with Gasteiger partial charge in [0.25, 0.3) is 0 Å². The molecule has 0 aliphatic heterocycles. The van der Waals surface area contributed by atoms with Crippen LogP contribution in [-0.4, -0.2) is 0 Å². The minimum absolute atomic E-state index is 0.205. The third-order valence-corrected chi connectivity index (χ3v) is 11.6. The highest BCUT2D eigenvalue weighted by molar-refractivity contribution is 6.22. The lowest BCUT2D eigenvalue weighted by Crippen LogP contribution is -2.15. The number of hydrogen-bond acceptors (Lipinski definition) is 1. The highest BCUT2D eigenvalue weighted by Crippen LogP contribution is 2.55. The van der Waals surface area contributed by atoms with E-state index in [9.17, 15) is 0 Å². The molecule has 0 unspecified atom stereocenters. The summed E-state index contributed by atoms with van der Waals surface area (Å²) in [4.78, 5) is 0. The first-order chi connectivity index (χ1) is 25.6. The summed E-state index contributed by atoms with van der Waals surface area (Å²) in [6.07, 6.45) is 0. The summed E-state index contributed by atoms with van der Waals surface area (Å²) in [7, 11) is 0. The maximum atomic E-state index is 7.00.